The first-order valence-corrected chi connectivity index (χ1v) is 4.88. The van der Waals surface area contributed by atoms with Gasteiger partial charge in [0.2, 0.25) is 0 Å². The van der Waals surface area contributed by atoms with Crippen molar-refractivity contribution in [1.82, 2.24) is 0 Å². The van der Waals surface area contributed by atoms with E-state index in [0.29, 0.717) is 0 Å². The fourth-order valence-corrected chi connectivity index (χ4v) is 0.870. The van der Waals surface area contributed by atoms with Crippen LogP contribution in [0.1, 0.15) is 8.35 Å². The van der Waals surface area contributed by atoms with E-state index in [1.54, 1.807) is 0 Å². The van der Waals surface area contributed by atoms with Crippen LogP contribution in [0, 0.1) is 0 Å². The predicted molar refractivity (Wildman–Crippen MR) is 23.8 cm³/mol. The Morgan fingerprint density at radius 2 is 2.00 bits per heavy atom. The van der Waals surface area contributed by atoms with Crippen LogP contribution in [-0.4, -0.2) is 28.7 Å². The Kier molecular flexibility index (Phi) is 6.28. The predicted octanol–water partition coefficient (Wildman–Crippen LogP) is -4.48. The third-order valence-corrected chi connectivity index (χ3v) is 1.29. The Labute approximate surface area is 78.5 Å². The molecule has 0 aromatic heterocycles. The molecule has 0 aliphatic rings. The molecule has 0 fully saturated rings. The topological polar surface area (TPSA) is 83.8 Å². The summed E-state index contributed by atoms with van der Waals surface area (Å²) in [5, 5.41) is 0. The van der Waals surface area contributed by atoms with Gasteiger partial charge >= 0.3 is 77.4 Å². The van der Waals surface area contributed by atoms with E-state index in [2.05, 4.69) is 3.73 Å². The van der Waals surface area contributed by atoms with Crippen molar-refractivity contribution in [2.75, 3.05) is 0 Å². The first-order chi connectivity index (χ1) is 3.42. The van der Waals surface area contributed by atoms with Gasteiger partial charge in [-0.25, -0.2) is 0 Å². The summed E-state index contributed by atoms with van der Waals surface area (Å²) in [6.45, 7) is 0.931. The Bertz CT molecular complexity index is 143. The minimum atomic E-state index is -5.11. The summed E-state index contributed by atoms with van der Waals surface area (Å²) in [5.74, 6) is -0.961. The van der Waals surface area contributed by atoms with E-state index in [9.17, 15) is 8.53 Å². The molecule has 0 rings (SSSR count). The maximum atomic E-state index is 9.76. The van der Waals surface area contributed by atoms with Crippen molar-refractivity contribution in [3.8, 4) is 0 Å². The largest absolute Gasteiger partial charge is 1.00 e. The summed E-state index contributed by atoms with van der Waals surface area (Å²) >= 11 is -5.11. The Morgan fingerprint density at radius 3 is 2.00 bits per heavy atom. The first kappa shape index (κ1) is 12.4. The van der Waals surface area contributed by atoms with E-state index in [4.69, 9.17) is 8.19 Å². The zero-order valence-corrected chi connectivity index (χ0v) is 8.94. The maximum Gasteiger partial charge on any atom is 1.00 e. The third kappa shape index (κ3) is 12.1. The fourth-order valence-electron chi connectivity index (χ4n) is 0.167. The van der Waals surface area contributed by atoms with Crippen molar-refractivity contribution in [2.45, 2.75) is 6.92 Å². The van der Waals surface area contributed by atoms with Crippen molar-refractivity contribution < 1.29 is 51.4 Å². The van der Waals surface area contributed by atoms with E-state index in [1.165, 1.54) is 0 Å². The second-order valence-corrected chi connectivity index (χ2v) is 3.52. The molecule has 9 heavy (non-hydrogen) atoms. The smallest absolute Gasteiger partial charge is 1.00 e. The number of carbonyl (C=O) groups excluding carboxylic acids is 1. The van der Waals surface area contributed by atoms with Gasteiger partial charge in [-0.05, 0) is 0 Å². The molecule has 0 aliphatic heterocycles. The van der Waals surface area contributed by atoms with Gasteiger partial charge in [0.15, 0.2) is 0 Å². The van der Waals surface area contributed by atoms with Gasteiger partial charge in [-0.1, -0.05) is 0 Å². The molecule has 0 saturated heterocycles. The molecule has 0 amide bonds. The van der Waals surface area contributed by atoms with Crippen LogP contribution in [0.25, 0.3) is 0 Å². The van der Waals surface area contributed by atoms with Crippen molar-refractivity contribution >= 4 is 20.5 Å². The molecule has 0 atom stereocenters. The number of hydrogen-bond acceptors (Lipinski definition) is 3. The van der Waals surface area contributed by atoms with Crippen LogP contribution in [0.5, 0.6) is 0 Å². The maximum absolute atomic E-state index is 9.76. The molecule has 0 aromatic rings. The van der Waals surface area contributed by atoms with Crippen LogP contribution in [0.2, 0.25) is 0 Å². The molecule has 0 aromatic carbocycles. The summed E-state index contributed by atoms with van der Waals surface area (Å²) in [4.78, 5) is 9.76. The molecule has 0 saturated carbocycles. The van der Waals surface area contributed by atoms with Gasteiger partial charge in [0.25, 0.3) is 0 Å². The molecular weight excluding hydrogens is 202 g/mol. The molecule has 0 aliphatic carbocycles. The average molecular weight is 208 g/mol. The van der Waals surface area contributed by atoms with Crippen LogP contribution in [0.3, 0.4) is 0 Å². The first-order valence-electron chi connectivity index (χ1n) is 1.67. The monoisotopic (exact) mass is 208 g/mol. The molecule has 2 N–H and O–H groups in total. The van der Waals surface area contributed by atoms with Crippen molar-refractivity contribution in [3.63, 3.8) is 0 Å². The summed E-state index contributed by atoms with van der Waals surface area (Å²) < 4.78 is 29.1. The Balaban J connectivity index is -0.000000245. The van der Waals surface area contributed by atoms with Gasteiger partial charge in [-0.15, -0.1) is 0 Å². The Morgan fingerprint density at radius 1 is 1.67 bits per heavy atom. The van der Waals surface area contributed by atoms with E-state index >= 15 is 0 Å². The van der Waals surface area contributed by atoms with Gasteiger partial charge < -0.3 is 1.43 Å². The van der Waals surface area contributed by atoms with Crippen molar-refractivity contribution in [1.29, 1.82) is 0 Å². The molecule has 50 valence electrons. The molecule has 5 nitrogen and oxygen atoms in total. The van der Waals surface area contributed by atoms with E-state index in [0.717, 1.165) is 6.92 Å². The average Bonchev–Trinajstić information content (AvgIpc) is 1.21. The van der Waals surface area contributed by atoms with Gasteiger partial charge in [-0.2, -0.15) is 0 Å². The third-order valence-electron chi connectivity index (χ3n) is 0.247. The van der Waals surface area contributed by atoms with Crippen LogP contribution in [-0.2, 0) is 12.3 Å². The van der Waals surface area contributed by atoms with Gasteiger partial charge in [0, 0.05) is 0 Å². The molecule has 7 heteroatoms. The number of rotatable bonds is 1. The number of hydrogen-bond donors (Lipinski definition) is 2. The zero-order valence-electron chi connectivity index (χ0n) is 6.07. The van der Waals surface area contributed by atoms with E-state index < -0.39 is 20.5 Å². The van der Waals surface area contributed by atoms with Gasteiger partial charge in [0.05, 0.1) is 0 Å². The van der Waals surface area contributed by atoms with Crippen molar-refractivity contribution in [2.24, 2.45) is 0 Å². The molecule has 0 radical (unpaired) electrons. The second-order valence-electron chi connectivity index (χ2n) is 1.07. The normalized spacial score (nSPS) is 9.67. The summed E-state index contributed by atoms with van der Waals surface area (Å²) in [5.41, 5.74) is 0. The summed E-state index contributed by atoms with van der Waals surface area (Å²) in [6, 6.07) is 0. The summed E-state index contributed by atoms with van der Waals surface area (Å²) in [6.07, 6.45) is 0. The van der Waals surface area contributed by atoms with E-state index in [-0.39, 0.29) is 31.0 Å². The molecule has 0 bridgehead atoms. The molecule has 0 unspecified atom stereocenters. The fraction of sp³-hybridized carbons (Fsp3) is 0.500. The molecule has 0 spiro atoms. The summed E-state index contributed by atoms with van der Waals surface area (Å²) in [7, 11) is 0. The molecule has 0 heterocycles. The number of carbonyl (C=O) groups is 1. The quantitative estimate of drug-likeness (QED) is 0.424. The van der Waals surface area contributed by atoms with Crippen LogP contribution >= 0.6 is 0 Å². The zero-order chi connectivity index (χ0) is 6.78. The van der Waals surface area contributed by atoms with E-state index in [1.807, 2.05) is 0 Å². The van der Waals surface area contributed by atoms with Crippen LogP contribution < -0.4 is 29.6 Å². The van der Waals surface area contributed by atoms with Gasteiger partial charge in [0.1, 0.15) is 0 Å². The van der Waals surface area contributed by atoms with Crippen LogP contribution in [0.4, 0.5) is 0 Å². The minimum absolute atomic E-state index is 0. The van der Waals surface area contributed by atoms with Gasteiger partial charge in [-0.3, -0.25) is 0 Å². The standard InChI is InChI=1S/C2H5AsO5.Na.H/c1-2(4)8-3(5,6)7;;/h1H3,(H2,5,6,7);;/q;+1;-1. The van der Waals surface area contributed by atoms with Crippen molar-refractivity contribution in [3.05, 3.63) is 0 Å². The minimum Gasteiger partial charge on any atom is -1.00 e. The second kappa shape index (κ2) is 4.55. The SMILES string of the molecule is CC(=O)O[As](=O)(O)O.[H-].[Na+]. The molecular formula is C2H6AsNaO5. The Hall–Kier alpha value is 0.748. The van der Waals surface area contributed by atoms with Crippen LogP contribution in [0.15, 0.2) is 0 Å².